The summed E-state index contributed by atoms with van der Waals surface area (Å²) in [5, 5.41) is 11.9. The predicted octanol–water partition coefficient (Wildman–Crippen LogP) is 12.5. The summed E-state index contributed by atoms with van der Waals surface area (Å²) in [7, 11) is 0. The third kappa shape index (κ3) is 2.89. The molecule has 0 radical (unpaired) electrons. The minimum absolute atomic E-state index is 1.45. The van der Waals surface area contributed by atoms with Crippen LogP contribution in [0.3, 0.4) is 0 Å². The number of benzene rings is 4. The first-order chi connectivity index (χ1) is 18.4. The van der Waals surface area contributed by atoms with E-state index in [4.69, 9.17) is 0 Å². The highest BCUT2D eigenvalue weighted by Gasteiger charge is 2.26. The Morgan fingerprint density at radius 3 is 1.03 bits per heavy atom. The van der Waals surface area contributed by atoms with Crippen molar-refractivity contribution >= 4 is 95.9 Å². The van der Waals surface area contributed by atoms with Crippen molar-refractivity contribution in [1.82, 2.24) is 0 Å². The first-order valence-corrected chi connectivity index (χ1v) is 16.4. The summed E-state index contributed by atoms with van der Waals surface area (Å²) in [5.41, 5.74) is 14.6. The van der Waals surface area contributed by atoms with Gasteiger partial charge in [-0.05, 0) is 160 Å². The van der Waals surface area contributed by atoms with Gasteiger partial charge in [-0.3, -0.25) is 0 Å². The third-order valence-electron chi connectivity index (χ3n) is 10.1. The Bertz CT molecular complexity index is 2280. The van der Waals surface area contributed by atoms with Gasteiger partial charge < -0.3 is 0 Å². The SMILES string of the molecule is Cc1c(C)c(C)c2c(sc3c(C)c4c(sc5c(C)c6c(C)c7c(C)sc(C)c7c(C)c6c(C)c54)c(C)c32)c1C. The molecule has 7 aromatic rings. The van der Waals surface area contributed by atoms with Crippen LogP contribution in [0.5, 0.6) is 0 Å². The number of hydrogen-bond donors (Lipinski definition) is 0. The first-order valence-electron chi connectivity index (χ1n) is 14.0. The van der Waals surface area contributed by atoms with E-state index in [0.29, 0.717) is 0 Å². The zero-order valence-corrected chi connectivity index (χ0v) is 27.7. The van der Waals surface area contributed by atoms with Crippen LogP contribution in [-0.4, -0.2) is 0 Å². The highest BCUT2D eigenvalue weighted by molar-refractivity contribution is 7.28. The van der Waals surface area contributed by atoms with Crippen LogP contribution in [0.1, 0.15) is 65.4 Å². The van der Waals surface area contributed by atoms with E-state index in [2.05, 4.69) is 83.1 Å². The molecule has 7 rings (SSSR count). The van der Waals surface area contributed by atoms with Crippen LogP contribution in [0.2, 0.25) is 0 Å². The molecule has 3 heterocycles. The maximum atomic E-state index is 2.40. The van der Waals surface area contributed by atoms with Gasteiger partial charge in [0.15, 0.2) is 0 Å². The van der Waals surface area contributed by atoms with Crippen LogP contribution >= 0.6 is 34.0 Å². The molecular formula is C36H36S3. The van der Waals surface area contributed by atoms with E-state index in [1.54, 1.807) is 0 Å². The molecule has 0 aliphatic rings. The lowest BCUT2D eigenvalue weighted by atomic mass is 9.86. The maximum absolute atomic E-state index is 2.40. The minimum atomic E-state index is 1.45. The van der Waals surface area contributed by atoms with Crippen molar-refractivity contribution in [3.63, 3.8) is 0 Å². The number of aryl methyl sites for hydroxylation is 10. The van der Waals surface area contributed by atoms with Crippen LogP contribution in [0.4, 0.5) is 0 Å². The van der Waals surface area contributed by atoms with Gasteiger partial charge in [0.05, 0.1) is 0 Å². The molecule has 4 aromatic carbocycles. The highest BCUT2D eigenvalue weighted by Crippen LogP contribution is 2.52. The minimum Gasteiger partial charge on any atom is -0.145 e. The Hall–Kier alpha value is -2.46. The molecule has 39 heavy (non-hydrogen) atoms. The molecule has 0 saturated carbocycles. The average molecular weight is 565 g/mol. The fourth-order valence-electron chi connectivity index (χ4n) is 7.88. The number of hydrogen-bond acceptors (Lipinski definition) is 3. The summed E-state index contributed by atoms with van der Waals surface area (Å²) in [6.07, 6.45) is 0. The average Bonchev–Trinajstić information content (AvgIpc) is 3.57. The van der Waals surface area contributed by atoms with Crippen LogP contribution in [0.15, 0.2) is 0 Å². The zero-order chi connectivity index (χ0) is 28.0. The molecule has 0 aliphatic carbocycles. The van der Waals surface area contributed by atoms with Crippen LogP contribution < -0.4 is 0 Å². The smallest absolute Gasteiger partial charge is 0.0394 e. The van der Waals surface area contributed by atoms with Gasteiger partial charge in [-0.1, -0.05) is 0 Å². The summed E-state index contributed by atoms with van der Waals surface area (Å²) in [4.78, 5) is 2.90. The van der Waals surface area contributed by atoms with Crippen molar-refractivity contribution in [2.75, 3.05) is 0 Å². The molecular weight excluding hydrogens is 529 g/mol. The second-order valence-corrected chi connectivity index (χ2v) is 15.5. The quantitative estimate of drug-likeness (QED) is 0.172. The Kier molecular flexibility index (Phi) is 5.27. The van der Waals surface area contributed by atoms with Gasteiger partial charge in [-0.2, -0.15) is 0 Å². The normalized spacial score (nSPS) is 12.6. The zero-order valence-electron chi connectivity index (χ0n) is 25.2. The monoisotopic (exact) mass is 564 g/mol. The third-order valence-corrected chi connectivity index (χ3v) is 14.0. The van der Waals surface area contributed by atoms with E-state index in [9.17, 15) is 0 Å². The fraction of sp³-hybridized carbons (Fsp3) is 0.333. The largest absolute Gasteiger partial charge is 0.145 e. The number of thiophene rings is 3. The van der Waals surface area contributed by atoms with Gasteiger partial charge in [0.25, 0.3) is 0 Å². The molecule has 0 atom stereocenters. The van der Waals surface area contributed by atoms with Gasteiger partial charge in [-0.15, -0.1) is 34.0 Å². The molecule has 0 spiro atoms. The summed E-state index contributed by atoms with van der Waals surface area (Å²) in [5.74, 6) is 0. The molecule has 3 heteroatoms. The van der Waals surface area contributed by atoms with E-state index in [1.165, 1.54) is 127 Å². The number of rotatable bonds is 0. The van der Waals surface area contributed by atoms with Crippen molar-refractivity contribution in [1.29, 1.82) is 0 Å². The maximum Gasteiger partial charge on any atom is 0.0394 e. The second kappa shape index (κ2) is 8.06. The highest BCUT2D eigenvalue weighted by atomic mass is 32.1. The summed E-state index contributed by atoms with van der Waals surface area (Å²) in [6, 6.07) is 0. The van der Waals surface area contributed by atoms with Crippen molar-refractivity contribution < 1.29 is 0 Å². The van der Waals surface area contributed by atoms with Crippen molar-refractivity contribution in [3.05, 3.63) is 65.4 Å². The van der Waals surface area contributed by atoms with E-state index in [0.717, 1.165) is 0 Å². The van der Waals surface area contributed by atoms with Crippen LogP contribution in [-0.2, 0) is 0 Å². The topological polar surface area (TPSA) is 0 Å². The Labute approximate surface area is 243 Å². The lowest BCUT2D eigenvalue weighted by molar-refractivity contribution is 1.26. The Morgan fingerprint density at radius 1 is 0.231 bits per heavy atom. The first kappa shape index (κ1) is 25.5. The lowest BCUT2D eigenvalue weighted by Gasteiger charge is -2.17. The molecule has 0 N–H and O–H groups in total. The van der Waals surface area contributed by atoms with Crippen molar-refractivity contribution in [3.8, 4) is 0 Å². The van der Waals surface area contributed by atoms with Crippen LogP contribution in [0.25, 0.3) is 61.9 Å². The molecule has 198 valence electrons. The molecule has 3 aromatic heterocycles. The molecule has 0 nitrogen and oxygen atoms in total. The van der Waals surface area contributed by atoms with E-state index in [1.807, 2.05) is 34.0 Å². The molecule has 0 fully saturated rings. The van der Waals surface area contributed by atoms with E-state index >= 15 is 0 Å². The standard InChI is InChI=1S/C36H36S3/c1-13-14(2)16(4)33-29(15(13)3)31-21(9)36-32(22(10)35(31)38-33)30-19(7)25-17(5)27-23(11)37-24(12)28(27)18(6)26(25)20(8)34(30)39-36/h1-12H3. The number of fused-ring (bicyclic) bond motifs is 8. The van der Waals surface area contributed by atoms with Crippen LogP contribution in [0, 0.1) is 83.1 Å². The van der Waals surface area contributed by atoms with Gasteiger partial charge in [0.1, 0.15) is 0 Å². The van der Waals surface area contributed by atoms with Crippen molar-refractivity contribution in [2.45, 2.75) is 83.1 Å². The Morgan fingerprint density at radius 2 is 0.538 bits per heavy atom. The fourth-order valence-corrected chi connectivity index (χ4v) is 12.0. The summed E-state index contributed by atoms with van der Waals surface area (Å²) < 4.78 is 5.93. The van der Waals surface area contributed by atoms with Gasteiger partial charge in [0.2, 0.25) is 0 Å². The molecule has 0 unspecified atom stereocenters. The molecule has 0 aliphatic heterocycles. The van der Waals surface area contributed by atoms with E-state index < -0.39 is 0 Å². The molecule has 0 amide bonds. The molecule has 0 saturated heterocycles. The van der Waals surface area contributed by atoms with E-state index in [-0.39, 0.29) is 0 Å². The summed E-state index contributed by atoms with van der Waals surface area (Å²) >= 11 is 6.02. The van der Waals surface area contributed by atoms with Gasteiger partial charge in [-0.25, -0.2) is 0 Å². The van der Waals surface area contributed by atoms with Gasteiger partial charge >= 0.3 is 0 Å². The predicted molar refractivity (Wildman–Crippen MR) is 182 cm³/mol. The lowest BCUT2D eigenvalue weighted by Crippen LogP contribution is -1.94. The second-order valence-electron chi connectivity index (χ2n) is 12.0. The molecule has 0 bridgehead atoms. The summed E-state index contributed by atoms with van der Waals surface area (Å²) in [6.45, 7) is 28.2. The Balaban J connectivity index is 1.77. The van der Waals surface area contributed by atoms with Gasteiger partial charge in [0, 0.05) is 50.1 Å². The van der Waals surface area contributed by atoms with Crippen molar-refractivity contribution in [2.24, 2.45) is 0 Å².